The van der Waals surface area contributed by atoms with Gasteiger partial charge in [0.25, 0.3) is 0 Å². The maximum Gasteiger partial charge on any atom is 0.308 e. The fourth-order valence-corrected chi connectivity index (χ4v) is 4.39. The maximum atomic E-state index is 13.5. The molecule has 1 fully saturated rings. The number of amides is 1. The Labute approximate surface area is 176 Å². The molecule has 1 amide bonds. The Morgan fingerprint density at radius 1 is 1.03 bits per heavy atom. The third-order valence-electron chi connectivity index (χ3n) is 5.84. The Morgan fingerprint density at radius 2 is 1.83 bits per heavy atom. The summed E-state index contributed by atoms with van der Waals surface area (Å²) in [5.74, 6) is 0.211. The summed E-state index contributed by atoms with van der Waals surface area (Å²) in [6, 6.07) is 17.3. The van der Waals surface area contributed by atoms with E-state index in [2.05, 4.69) is 10.3 Å². The minimum atomic E-state index is -0.473. The number of carbonyl (C=O) groups is 2. The van der Waals surface area contributed by atoms with Gasteiger partial charge >= 0.3 is 5.97 Å². The van der Waals surface area contributed by atoms with E-state index < -0.39 is 5.41 Å². The summed E-state index contributed by atoms with van der Waals surface area (Å²) in [7, 11) is 0. The van der Waals surface area contributed by atoms with Crippen molar-refractivity contribution in [3.63, 3.8) is 0 Å². The summed E-state index contributed by atoms with van der Waals surface area (Å²) in [4.78, 5) is 29.2. The number of para-hydroxylation sites is 1. The molecule has 30 heavy (non-hydrogen) atoms. The molecule has 0 saturated heterocycles. The van der Waals surface area contributed by atoms with Crippen LogP contribution in [0.2, 0.25) is 0 Å². The van der Waals surface area contributed by atoms with Gasteiger partial charge in [-0.1, -0.05) is 49.6 Å². The molecule has 1 saturated carbocycles. The predicted molar refractivity (Wildman–Crippen MR) is 117 cm³/mol. The first kappa shape index (κ1) is 20.1. The van der Waals surface area contributed by atoms with Crippen LogP contribution in [0.1, 0.15) is 44.6 Å². The number of pyridine rings is 1. The number of rotatable bonds is 5. The highest BCUT2D eigenvalue weighted by molar-refractivity contribution is 5.97. The van der Waals surface area contributed by atoms with Gasteiger partial charge in [-0.15, -0.1) is 0 Å². The highest BCUT2D eigenvalue weighted by Crippen LogP contribution is 2.41. The number of nitrogens with one attached hydrogen (secondary N) is 1. The van der Waals surface area contributed by atoms with Gasteiger partial charge in [0.05, 0.1) is 22.8 Å². The van der Waals surface area contributed by atoms with E-state index in [-0.39, 0.29) is 11.9 Å². The van der Waals surface area contributed by atoms with Crippen molar-refractivity contribution in [3.8, 4) is 5.75 Å². The molecule has 4 rings (SSSR count). The van der Waals surface area contributed by atoms with Gasteiger partial charge in [-0.3, -0.25) is 14.6 Å². The number of carbonyl (C=O) groups excluding carboxylic acids is 2. The van der Waals surface area contributed by atoms with Crippen LogP contribution >= 0.6 is 0 Å². The van der Waals surface area contributed by atoms with Crippen molar-refractivity contribution in [2.24, 2.45) is 5.41 Å². The van der Waals surface area contributed by atoms with Gasteiger partial charge in [-0.05, 0) is 49.1 Å². The molecule has 2 aromatic carbocycles. The van der Waals surface area contributed by atoms with Gasteiger partial charge in [0, 0.05) is 12.3 Å². The number of aromatic nitrogens is 1. The zero-order chi connectivity index (χ0) is 21.0. The quantitative estimate of drug-likeness (QED) is 0.465. The van der Waals surface area contributed by atoms with E-state index in [0.29, 0.717) is 12.2 Å². The second kappa shape index (κ2) is 8.66. The first-order valence-electron chi connectivity index (χ1n) is 10.5. The minimum absolute atomic E-state index is 0.0390. The van der Waals surface area contributed by atoms with Crippen LogP contribution in [0.15, 0.2) is 60.8 Å². The van der Waals surface area contributed by atoms with Crippen LogP contribution in [0.4, 0.5) is 5.69 Å². The largest absolute Gasteiger partial charge is 0.427 e. The van der Waals surface area contributed by atoms with Crippen molar-refractivity contribution >= 4 is 28.5 Å². The number of esters is 1. The van der Waals surface area contributed by atoms with Crippen molar-refractivity contribution in [2.75, 3.05) is 5.32 Å². The molecule has 5 nitrogen and oxygen atoms in total. The van der Waals surface area contributed by atoms with Crippen LogP contribution in [-0.4, -0.2) is 16.9 Å². The van der Waals surface area contributed by atoms with Crippen LogP contribution in [0.5, 0.6) is 5.75 Å². The van der Waals surface area contributed by atoms with Crippen molar-refractivity contribution < 1.29 is 14.3 Å². The number of nitrogens with zero attached hydrogens (tertiary/aromatic N) is 1. The molecule has 1 aliphatic carbocycles. The average molecular weight is 402 g/mol. The molecule has 154 valence electrons. The smallest absolute Gasteiger partial charge is 0.308 e. The summed E-state index contributed by atoms with van der Waals surface area (Å²) >= 11 is 0. The van der Waals surface area contributed by atoms with Gasteiger partial charge in [0.1, 0.15) is 5.75 Å². The number of fused-ring (bicyclic) bond motifs is 1. The molecule has 5 heteroatoms. The van der Waals surface area contributed by atoms with Gasteiger partial charge in [0.2, 0.25) is 5.91 Å². The number of anilines is 1. The van der Waals surface area contributed by atoms with Crippen LogP contribution in [-0.2, 0) is 16.0 Å². The molecule has 3 aromatic rings. The molecule has 0 atom stereocenters. The highest BCUT2D eigenvalue weighted by atomic mass is 16.5. The lowest BCUT2D eigenvalue weighted by Gasteiger charge is -2.36. The fourth-order valence-electron chi connectivity index (χ4n) is 4.39. The Bertz CT molecular complexity index is 1070. The third kappa shape index (κ3) is 4.51. The zero-order valence-electron chi connectivity index (χ0n) is 17.2. The second-order valence-electron chi connectivity index (χ2n) is 8.13. The van der Waals surface area contributed by atoms with E-state index in [4.69, 9.17) is 4.74 Å². The van der Waals surface area contributed by atoms with Crippen molar-refractivity contribution in [1.82, 2.24) is 4.98 Å². The van der Waals surface area contributed by atoms with E-state index >= 15 is 0 Å². The number of ether oxygens (including phenoxy) is 1. The molecular weight excluding hydrogens is 376 g/mol. The van der Waals surface area contributed by atoms with E-state index in [0.717, 1.165) is 54.3 Å². The summed E-state index contributed by atoms with van der Waals surface area (Å²) in [5, 5.41) is 4.13. The van der Waals surface area contributed by atoms with Crippen LogP contribution < -0.4 is 10.1 Å². The van der Waals surface area contributed by atoms with Crippen LogP contribution in [0.25, 0.3) is 10.9 Å². The van der Waals surface area contributed by atoms with Gasteiger partial charge < -0.3 is 10.1 Å². The second-order valence-corrected chi connectivity index (χ2v) is 8.13. The maximum absolute atomic E-state index is 13.5. The van der Waals surface area contributed by atoms with Crippen molar-refractivity contribution in [3.05, 3.63) is 66.4 Å². The molecule has 1 N–H and O–H groups in total. The summed E-state index contributed by atoms with van der Waals surface area (Å²) in [6.07, 6.45) is 7.25. The normalized spacial score (nSPS) is 15.5. The molecule has 0 radical (unpaired) electrons. The van der Waals surface area contributed by atoms with Gasteiger partial charge in [0.15, 0.2) is 0 Å². The first-order valence-corrected chi connectivity index (χ1v) is 10.5. The Morgan fingerprint density at radius 3 is 2.63 bits per heavy atom. The van der Waals surface area contributed by atoms with E-state index in [1.165, 1.54) is 6.92 Å². The summed E-state index contributed by atoms with van der Waals surface area (Å²) < 4.78 is 5.23. The van der Waals surface area contributed by atoms with Crippen molar-refractivity contribution in [2.45, 2.75) is 45.4 Å². The van der Waals surface area contributed by atoms with Crippen LogP contribution in [0.3, 0.4) is 0 Å². The van der Waals surface area contributed by atoms with Gasteiger partial charge in [-0.2, -0.15) is 0 Å². The lowest BCUT2D eigenvalue weighted by Crippen LogP contribution is -2.40. The van der Waals surface area contributed by atoms with Gasteiger partial charge in [-0.25, -0.2) is 0 Å². The Kier molecular flexibility index (Phi) is 5.79. The Balaban J connectivity index is 1.57. The third-order valence-corrected chi connectivity index (χ3v) is 5.84. The fraction of sp³-hybridized carbons (Fsp3) is 0.320. The molecule has 0 unspecified atom stereocenters. The van der Waals surface area contributed by atoms with E-state index in [9.17, 15) is 9.59 Å². The number of hydrogen-bond acceptors (Lipinski definition) is 4. The summed E-state index contributed by atoms with van der Waals surface area (Å²) in [6.45, 7) is 1.39. The van der Waals surface area contributed by atoms with E-state index in [1.54, 1.807) is 12.3 Å². The summed E-state index contributed by atoms with van der Waals surface area (Å²) in [5.41, 5.74) is 2.16. The molecule has 1 aliphatic rings. The van der Waals surface area contributed by atoms with Crippen LogP contribution in [0, 0.1) is 5.41 Å². The molecule has 0 bridgehead atoms. The highest BCUT2D eigenvalue weighted by Gasteiger charge is 2.39. The monoisotopic (exact) mass is 402 g/mol. The molecule has 0 spiro atoms. The lowest BCUT2D eigenvalue weighted by atomic mass is 9.69. The molecule has 1 heterocycles. The Hall–Kier alpha value is -3.21. The molecular formula is C25H26N2O3. The standard InChI is InChI=1S/C25H26N2O3/c1-18(28)30-22-10-7-8-19(14-22)16-25(12-5-2-6-13-25)24(29)27-21-15-20-9-3-4-11-23(20)26-17-21/h3-4,7-11,14-15,17H,2,5-6,12-13,16H2,1H3,(H,27,29). The lowest BCUT2D eigenvalue weighted by molar-refractivity contribution is -0.132. The SMILES string of the molecule is CC(=O)Oc1cccc(CC2(C(=O)Nc3cnc4ccccc4c3)CCCCC2)c1. The first-order chi connectivity index (χ1) is 14.5. The number of hydrogen-bond donors (Lipinski definition) is 1. The van der Waals surface area contributed by atoms with E-state index in [1.807, 2.05) is 48.5 Å². The zero-order valence-corrected chi connectivity index (χ0v) is 17.2. The predicted octanol–water partition coefficient (Wildman–Crippen LogP) is 5.29. The molecule has 0 aliphatic heterocycles. The minimum Gasteiger partial charge on any atom is -0.427 e. The topological polar surface area (TPSA) is 68.3 Å². The van der Waals surface area contributed by atoms with Crippen molar-refractivity contribution in [1.29, 1.82) is 0 Å². The number of benzene rings is 2. The average Bonchev–Trinajstić information content (AvgIpc) is 2.74. The molecule has 1 aromatic heterocycles.